The molecule has 0 saturated heterocycles. The molecule has 0 bridgehead atoms. The third-order valence-corrected chi connectivity index (χ3v) is 7.26. The first-order valence-electron chi connectivity index (χ1n) is 12.9. The summed E-state index contributed by atoms with van der Waals surface area (Å²) in [6.07, 6.45) is 8.02. The molecule has 0 unspecified atom stereocenters. The van der Waals surface area contributed by atoms with Gasteiger partial charge in [0, 0.05) is 23.6 Å². The maximum atomic E-state index is 13.1. The van der Waals surface area contributed by atoms with Crippen molar-refractivity contribution < 1.29 is 29.3 Å². The van der Waals surface area contributed by atoms with E-state index in [9.17, 15) is 24.9 Å². The molecule has 1 aliphatic rings. The fraction of sp³-hybridized carbons (Fsp3) is 0.345. The number of aliphatic hydroxyl groups excluding tert-OH is 1. The van der Waals surface area contributed by atoms with Crippen LogP contribution in [0.25, 0.3) is 22.4 Å². The molecule has 2 aromatic heterocycles. The van der Waals surface area contributed by atoms with Gasteiger partial charge in [0.15, 0.2) is 0 Å². The second-order valence-electron chi connectivity index (χ2n) is 9.95. The van der Waals surface area contributed by atoms with E-state index in [2.05, 4.69) is 9.88 Å². The van der Waals surface area contributed by atoms with Crippen LogP contribution in [0.5, 0.6) is 5.75 Å². The predicted molar refractivity (Wildman–Crippen MR) is 141 cm³/mol. The van der Waals surface area contributed by atoms with Crippen molar-refractivity contribution in [2.24, 2.45) is 0 Å². The van der Waals surface area contributed by atoms with Crippen LogP contribution in [0.1, 0.15) is 72.7 Å². The molecule has 38 heavy (non-hydrogen) atoms. The summed E-state index contributed by atoms with van der Waals surface area (Å²) >= 11 is 0. The number of carboxylic acid groups (broad SMARTS) is 1. The number of furan rings is 1. The number of phenolic OH excluding ortho intramolecular Hbond substituents is 1. The summed E-state index contributed by atoms with van der Waals surface area (Å²) in [6.45, 7) is 1.51. The van der Waals surface area contributed by atoms with Gasteiger partial charge in [-0.1, -0.05) is 25.3 Å². The van der Waals surface area contributed by atoms with E-state index in [0.717, 1.165) is 42.6 Å². The molecule has 9 heteroatoms. The van der Waals surface area contributed by atoms with Gasteiger partial charge in [-0.25, -0.2) is 9.78 Å². The predicted octanol–water partition coefficient (Wildman–Crippen LogP) is 4.99. The molecule has 1 fully saturated rings. The zero-order chi connectivity index (χ0) is 26.8. The number of nitrogens with zero attached hydrogens (tertiary/aromatic N) is 2. The summed E-state index contributed by atoms with van der Waals surface area (Å²) in [4.78, 5) is 30.0. The Morgan fingerprint density at radius 3 is 2.61 bits per heavy atom. The van der Waals surface area contributed by atoms with Crippen molar-refractivity contribution >= 4 is 22.9 Å². The van der Waals surface area contributed by atoms with Gasteiger partial charge in [-0.15, -0.1) is 0 Å². The van der Waals surface area contributed by atoms with Gasteiger partial charge >= 0.3 is 5.97 Å². The molecule has 0 radical (unpaired) electrons. The Bertz CT molecular complexity index is 1450. The number of carbonyl (C=O) groups excluding carboxylic acids is 1. The summed E-state index contributed by atoms with van der Waals surface area (Å²) in [5, 5.41) is 32.2. The van der Waals surface area contributed by atoms with E-state index in [1.807, 2.05) is 12.1 Å². The molecule has 1 amide bonds. The minimum atomic E-state index is -1.20. The van der Waals surface area contributed by atoms with Gasteiger partial charge in [0.25, 0.3) is 5.91 Å². The van der Waals surface area contributed by atoms with Crippen molar-refractivity contribution in [3.05, 3.63) is 71.7 Å². The van der Waals surface area contributed by atoms with Crippen LogP contribution in [-0.2, 0) is 11.2 Å². The molecule has 5 rings (SSSR count). The van der Waals surface area contributed by atoms with Crippen LogP contribution < -0.4 is 5.32 Å². The number of phenols is 1. The smallest absolute Gasteiger partial charge is 0.326 e. The Balaban J connectivity index is 1.42. The number of aliphatic hydroxyl groups is 1. The number of rotatable bonds is 8. The number of hydrogen-bond donors (Lipinski definition) is 4. The number of nitrogens with one attached hydrogen (secondary N) is 1. The molecule has 4 aromatic rings. The fourth-order valence-corrected chi connectivity index (χ4v) is 5.29. The van der Waals surface area contributed by atoms with Gasteiger partial charge in [-0.05, 0) is 61.7 Å². The summed E-state index contributed by atoms with van der Waals surface area (Å²) in [5.74, 6) is -0.987. The van der Waals surface area contributed by atoms with Crippen LogP contribution in [0.3, 0.4) is 0 Å². The third kappa shape index (κ3) is 5.15. The Morgan fingerprint density at radius 1 is 1.13 bits per heavy atom. The van der Waals surface area contributed by atoms with E-state index in [1.54, 1.807) is 36.8 Å². The van der Waals surface area contributed by atoms with E-state index in [0.29, 0.717) is 28.2 Å². The maximum Gasteiger partial charge on any atom is 0.326 e. The van der Waals surface area contributed by atoms with Crippen molar-refractivity contribution in [1.82, 2.24) is 14.9 Å². The van der Waals surface area contributed by atoms with Crippen molar-refractivity contribution in [3.63, 3.8) is 0 Å². The molecule has 1 aliphatic carbocycles. The molecule has 9 nitrogen and oxygen atoms in total. The summed E-state index contributed by atoms with van der Waals surface area (Å²) in [6, 6.07) is 10.8. The van der Waals surface area contributed by atoms with Gasteiger partial charge in [0.1, 0.15) is 23.9 Å². The van der Waals surface area contributed by atoms with E-state index in [4.69, 9.17) is 9.40 Å². The summed E-state index contributed by atoms with van der Waals surface area (Å²) in [7, 11) is 0. The number of hydrogen-bond acceptors (Lipinski definition) is 6. The first kappa shape index (κ1) is 25.5. The van der Waals surface area contributed by atoms with Gasteiger partial charge in [0.05, 0.1) is 29.0 Å². The van der Waals surface area contributed by atoms with Gasteiger partial charge in [-0.2, -0.15) is 0 Å². The SMILES string of the molecule is C[C@H](O)c1cc(C[C@H](NC(=O)c2ccc3c(c2)nc(-c2ccoc2)n3C2CCCCC2)C(=O)O)ccc1O. The molecule has 0 aliphatic heterocycles. The molecule has 0 spiro atoms. The maximum absolute atomic E-state index is 13.1. The number of benzene rings is 2. The number of amides is 1. The Kier molecular flexibility index (Phi) is 7.20. The highest BCUT2D eigenvalue weighted by Gasteiger charge is 2.25. The number of carboxylic acids is 1. The largest absolute Gasteiger partial charge is 0.508 e. The second kappa shape index (κ2) is 10.7. The van der Waals surface area contributed by atoms with Crippen molar-refractivity contribution in [1.29, 1.82) is 0 Å². The molecule has 2 atom stereocenters. The highest BCUT2D eigenvalue weighted by atomic mass is 16.4. The summed E-state index contributed by atoms with van der Waals surface area (Å²) < 4.78 is 7.55. The lowest BCUT2D eigenvalue weighted by Gasteiger charge is -2.25. The zero-order valence-electron chi connectivity index (χ0n) is 21.1. The first-order valence-corrected chi connectivity index (χ1v) is 12.9. The lowest BCUT2D eigenvalue weighted by atomic mass is 9.95. The number of aromatic hydroxyl groups is 1. The summed E-state index contributed by atoms with van der Waals surface area (Å²) in [5.41, 5.74) is 3.63. The zero-order valence-corrected chi connectivity index (χ0v) is 21.1. The molecule has 4 N–H and O–H groups in total. The van der Waals surface area contributed by atoms with E-state index in [-0.39, 0.29) is 12.2 Å². The van der Waals surface area contributed by atoms with Crippen LogP contribution in [0.4, 0.5) is 0 Å². The third-order valence-electron chi connectivity index (χ3n) is 7.26. The molecule has 198 valence electrons. The van der Waals surface area contributed by atoms with Crippen LogP contribution in [0.15, 0.2) is 59.4 Å². The number of aromatic nitrogens is 2. The monoisotopic (exact) mass is 517 g/mol. The van der Waals surface area contributed by atoms with Gasteiger partial charge in [0.2, 0.25) is 0 Å². The number of imidazole rings is 1. The van der Waals surface area contributed by atoms with Crippen molar-refractivity contribution in [2.75, 3.05) is 0 Å². The Labute approximate surface area is 219 Å². The lowest BCUT2D eigenvalue weighted by molar-refractivity contribution is -0.139. The van der Waals surface area contributed by atoms with Crippen molar-refractivity contribution in [2.45, 2.75) is 63.6 Å². The first-order chi connectivity index (χ1) is 18.3. The standard InChI is InChI=1S/C29H31N3O6/c1-17(33)22-13-18(7-10-26(22)34)14-24(29(36)37)31-28(35)19-8-9-25-23(15-19)30-27(20-11-12-38-16-20)32(25)21-5-3-2-4-6-21/h7-13,15-17,21,24,33-34H,2-6,14H2,1H3,(H,31,35)(H,36,37)/t17-,24-/m0/s1. The minimum absolute atomic E-state index is 0.00966. The van der Waals surface area contributed by atoms with E-state index in [1.165, 1.54) is 19.4 Å². The molecular formula is C29H31N3O6. The van der Waals surface area contributed by atoms with Crippen LogP contribution in [0.2, 0.25) is 0 Å². The highest BCUT2D eigenvalue weighted by Crippen LogP contribution is 2.36. The number of fused-ring (bicyclic) bond motifs is 1. The van der Waals surface area contributed by atoms with Gasteiger partial charge in [-0.3, -0.25) is 4.79 Å². The molecule has 1 saturated carbocycles. The molecule has 2 heterocycles. The minimum Gasteiger partial charge on any atom is -0.508 e. The van der Waals surface area contributed by atoms with Gasteiger partial charge < -0.3 is 29.6 Å². The Morgan fingerprint density at radius 2 is 1.92 bits per heavy atom. The number of carbonyl (C=O) groups is 2. The highest BCUT2D eigenvalue weighted by molar-refractivity contribution is 5.99. The van der Waals surface area contributed by atoms with Crippen LogP contribution >= 0.6 is 0 Å². The quantitative estimate of drug-likeness (QED) is 0.258. The van der Waals surface area contributed by atoms with Crippen molar-refractivity contribution in [3.8, 4) is 17.1 Å². The van der Waals surface area contributed by atoms with E-state index < -0.39 is 24.0 Å². The average Bonchev–Trinajstić information content (AvgIpc) is 3.57. The number of aliphatic carboxylic acids is 1. The van der Waals surface area contributed by atoms with Crippen LogP contribution in [0, 0.1) is 0 Å². The lowest BCUT2D eigenvalue weighted by Crippen LogP contribution is -2.42. The fourth-order valence-electron chi connectivity index (χ4n) is 5.29. The normalized spacial score (nSPS) is 15.8. The van der Waals surface area contributed by atoms with Crippen LogP contribution in [-0.4, -0.2) is 42.8 Å². The average molecular weight is 518 g/mol. The Hall–Kier alpha value is -4.11. The second-order valence-corrected chi connectivity index (χ2v) is 9.95. The molecular weight excluding hydrogens is 486 g/mol. The molecule has 2 aromatic carbocycles. The van der Waals surface area contributed by atoms with E-state index >= 15 is 0 Å². The topological polar surface area (TPSA) is 138 Å².